The number of aromatic nitrogens is 1. The average Bonchev–Trinajstić information content (AvgIpc) is 3.04. The molecular weight excluding hydrogens is 332 g/mol. The van der Waals surface area contributed by atoms with Crippen molar-refractivity contribution in [1.29, 1.82) is 0 Å². The Bertz CT molecular complexity index is 625. The third-order valence-corrected chi connectivity index (χ3v) is 6.08. The number of thiazole rings is 1. The van der Waals surface area contributed by atoms with Gasteiger partial charge in [0.15, 0.2) is 0 Å². The molecule has 0 radical (unpaired) electrons. The zero-order chi connectivity index (χ0) is 16.2. The van der Waals surface area contributed by atoms with Gasteiger partial charge in [-0.15, -0.1) is 34.4 Å². The van der Waals surface area contributed by atoms with Crippen LogP contribution in [0.25, 0.3) is 10.6 Å². The standard InChI is InChI=1S/C16H22N2OS3/c1-11-18-13(9-20-11)14-6-5-12(22-14)7-8-17-15(19)10-21-16(2,3)4/h5-6,9H,7-8,10H2,1-4H3,(H,17,19). The Hall–Kier alpha value is -0.850. The first kappa shape index (κ1) is 17.5. The van der Waals surface area contributed by atoms with Crippen LogP contribution in [0.1, 0.15) is 30.7 Å². The third kappa shape index (κ3) is 5.74. The smallest absolute Gasteiger partial charge is 0.230 e. The lowest BCUT2D eigenvalue weighted by atomic mass is 10.3. The number of carbonyl (C=O) groups excluding carboxylic acids is 1. The molecule has 0 bridgehead atoms. The zero-order valence-corrected chi connectivity index (χ0v) is 15.9. The summed E-state index contributed by atoms with van der Waals surface area (Å²) in [6.45, 7) is 9.09. The molecule has 2 rings (SSSR count). The molecule has 0 aromatic carbocycles. The first-order valence-electron chi connectivity index (χ1n) is 7.25. The van der Waals surface area contributed by atoms with E-state index in [-0.39, 0.29) is 10.7 Å². The van der Waals surface area contributed by atoms with Gasteiger partial charge in [-0.1, -0.05) is 20.8 Å². The van der Waals surface area contributed by atoms with E-state index in [1.165, 1.54) is 9.75 Å². The summed E-state index contributed by atoms with van der Waals surface area (Å²) >= 11 is 5.11. The Morgan fingerprint density at radius 2 is 2.14 bits per heavy atom. The van der Waals surface area contributed by atoms with Crippen LogP contribution in [0.2, 0.25) is 0 Å². The van der Waals surface area contributed by atoms with Crippen molar-refractivity contribution < 1.29 is 4.79 Å². The summed E-state index contributed by atoms with van der Waals surface area (Å²) in [7, 11) is 0. The highest BCUT2D eigenvalue weighted by molar-refractivity contribution is 8.01. The molecule has 1 N–H and O–H groups in total. The summed E-state index contributed by atoms with van der Waals surface area (Å²) in [5, 5.41) is 6.18. The van der Waals surface area contributed by atoms with Crippen LogP contribution in [0.3, 0.4) is 0 Å². The van der Waals surface area contributed by atoms with E-state index < -0.39 is 0 Å². The van der Waals surface area contributed by atoms with Gasteiger partial charge in [0.05, 0.1) is 21.3 Å². The van der Waals surface area contributed by atoms with Crippen LogP contribution in [0, 0.1) is 6.92 Å². The quantitative estimate of drug-likeness (QED) is 0.837. The van der Waals surface area contributed by atoms with Gasteiger partial charge in [-0.05, 0) is 25.5 Å². The molecule has 6 heteroatoms. The number of aryl methyl sites for hydroxylation is 1. The molecule has 2 aromatic heterocycles. The summed E-state index contributed by atoms with van der Waals surface area (Å²) in [4.78, 5) is 18.8. The van der Waals surface area contributed by atoms with Crippen molar-refractivity contribution in [2.75, 3.05) is 12.3 Å². The van der Waals surface area contributed by atoms with Gasteiger partial charge in [0.1, 0.15) is 0 Å². The molecule has 120 valence electrons. The van der Waals surface area contributed by atoms with Crippen molar-refractivity contribution in [2.24, 2.45) is 0 Å². The molecule has 0 aliphatic rings. The molecule has 1 amide bonds. The van der Waals surface area contributed by atoms with Gasteiger partial charge in [0, 0.05) is 21.5 Å². The first-order chi connectivity index (χ1) is 10.3. The maximum Gasteiger partial charge on any atom is 0.230 e. The number of amides is 1. The molecule has 22 heavy (non-hydrogen) atoms. The fraction of sp³-hybridized carbons (Fsp3) is 0.500. The molecule has 0 saturated carbocycles. The molecule has 3 nitrogen and oxygen atoms in total. The van der Waals surface area contributed by atoms with E-state index in [1.54, 1.807) is 34.4 Å². The molecule has 2 heterocycles. The van der Waals surface area contributed by atoms with Crippen molar-refractivity contribution in [2.45, 2.75) is 38.9 Å². The van der Waals surface area contributed by atoms with Gasteiger partial charge in [0.2, 0.25) is 5.91 Å². The van der Waals surface area contributed by atoms with Crippen LogP contribution in [0.15, 0.2) is 17.5 Å². The van der Waals surface area contributed by atoms with E-state index in [4.69, 9.17) is 0 Å². The maximum atomic E-state index is 11.8. The molecule has 0 saturated heterocycles. The number of hydrogen-bond acceptors (Lipinski definition) is 5. The second-order valence-corrected chi connectivity index (χ2v) is 10.1. The maximum absolute atomic E-state index is 11.8. The van der Waals surface area contributed by atoms with Crippen molar-refractivity contribution in [1.82, 2.24) is 10.3 Å². The Morgan fingerprint density at radius 1 is 1.36 bits per heavy atom. The van der Waals surface area contributed by atoms with E-state index in [0.717, 1.165) is 17.1 Å². The highest BCUT2D eigenvalue weighted by atomic mass is 32.2. The number of rotatable bonds is 6. The first-order valence-corrected chi connectivity index (χ1v) is 9.93. The van der Waals surface area contributed by atoms with Gasteiger partial charge in [-0.2, -0.15) is 0 Å². The lowest BCUT2D eigenvalue weighted by Gasteiger charge is -2.16. The highest BCUT2D eigenvalue weighted by Gasteiger charge is 2.13. The fourth-order valence-corrected chi connectivity index (χ4v) is 4.11. The van der Waals surface area contributed by atoms with Gasteiger partial charge >= 0.3 is 0 Å². The minimum absolute atomic E-state index is 0.117. The second-order valence-electron chi connectivity index (χ2n) is 6.02. The summed E-state index contributed by atoms with van der Waals surface area (Å²) in [6, 6.07) is 4.25. The molecule has 0 fully saturated rings. The van der Waals surface area contributed by atoms with Gasteiger partial charge in [0.25, 0.3) is 0 Å². The summed E-state index contributed by atoms with van der Waals surface area (Å²) in [5.74, 6) is 0.643. The van der Waals surface area contributed by atoms with Crippen LogP contribution < -0.4 is 5.32 Å². The van der Waals surface area contributed by atoms with E-state index in [1.807, 2.05) is 6.92 Å². The van der Waals surface area contributed by atoms with E-state index in [0.29, 0.717) is 12.3 Å². The topological polar surface area (TPSA) is 42.0 Å². The number of carbonyl (C=O) groups is 1. The van der Waals surface area contributed by atoms with Gasteiger partial charge in [-0.3, -0.25) is 4.79 Å². The Labute approximate surface area is 144 Å². The molecule has 0 aliphatic carbocycles. The van der Waals surface area contributed by atoms with Gasteiger partial charge in [-0.25, -0.2) is 4.98 Å². The van der Waals surface area contributed by atoms with E-state index in [2.05, 4.69) is 48.6 Å². The largest absolute Gasteiger partial charge is 0.355 e. The third-order valence-electron chi connectivity index (χ3n) is 2.86. The molecule has 2 aromatic rings. The molecule has 0 spiro atoms. The second kappa shape index (κ2) is 7.62. The monoisotopic (exact) mass is 354 g/mol. The summed E-state index contributed by atoms with van der Waals surface area (Å²) in [6.07, 6.45) is 0.875. The van der Waals surface area contributed by atoms with Crippen LogP contribution in [0.4, 0.5) is 0 Å². The average molecular weight is 355 g/mol. The Morgan fingerprint density at radius 3 is 2.77 bits per heavy atom. The van der Waals surface area contributed by atoms with Gasteiger partial charge < -0.3 is 5.32 Å². The Balaban J connectivity index is 1.76. The summed E-state index contributed by atoms with van der Waals surface area (Å²) < 4.78 is 0.131. The number of hydrogen-bond donors (Lipinski definition) is 1. The SMILES string of the molecule is Cc1nc(-c2ccc(CCNC(=O)CSC(C)(C)C)s2)cs1. The van der Waals surface area contributed by atoms with Crippen LogP contribution >= 0.6 is 34.4 Å². The molecule has 0 unspecified atom stereocenters. The number of nitrogens with one attached hydrogen (secondary N) is 1. The fourth-order valence-electron chi connectivity index (χ4n) is 1.78. The van der Waals surface area contributed by atoms with E-state index in [9.17, 15) is 4.79 Å². The van der Waals surface area contributed by atoms with Crippen molar-refractivity contribution in [3.8, 4) is 10.6 Å². The normalized spacial score (nSPS) is 11.6. The molecule has 0 atom stereocenters. The summed E-state index contributed by atoms with van der Waals surface area (Å²) in [5.41, 5.74) is 1.06. The minimum Gasteiger partial charge on any atom is -0.355 e. The predicted molar refractivity (Wildman–Crippen MR) is 99.1 cm³/mol. The Kier molecular flexibility index (Phi) is 6.06. The number of nitrogens with zero attached hydrogens (tertiary/aromatic N) is 1. The minimum atomic E-state index is 0.117. The van der Waals surface area contributed by atoms with E-state index >= 15 is 0 Å². The van der Waals surface area contributed by atoms with Crippen LogP contribution in [-0.2, 0) is 11.2 Å². The van der Waals surface area contributed by atoms with Crippen molar-refractivity contribution in [3.05, 3.63) is 27.4 Å². The molecular formula is C16H22N2OS3. The van der Waals surface area contributed by atoms with Crippen molar-refractivity contribution >= 4 is 40.3 Å². The molecule has 0 aliphatic heterocycles. The number of thiophene rings is 1. The lowest BCUT2D eigenvalue weighted by molar-refractivity contribution is -0.118. The zero-order valence-electron chi connectivity index (χ0n) is 13.4. The van der Waals surface area contributed by atoms with Crippen LogP contribution in [0.5, 0.6) is 0 Å². The van der Waals surface area contributed by atoms with Crippen molar-refractivity contribution in [3.63, 3.8) is 0 Å². The van der Waals surface area contributed by atoms with Crippen LogP contribution in [-0.4, -0.2) is 27.9 Å². The highest BCUT2D eigenvalue weighted by Crippen LogP contribution is 2.29. The number of thioether (sulfide) groups is 1. The predicted octanol–water partition coefficient (Wildman–Crippen LogP) is 4.37. The lowest BCUT2D eigenvalue weighted by Crippen LogP contribution is -2.28.